The van der Waals surface area contributed by atoms with Crippen LogP contribution in [0, 0.1) is 6.92 Å². The summed E-state index contributed by atoms with van der Waals surface area (Å²) >= 11 is 5.13. The molecule has 0 saturated carbocycles. The van der Waals surface area contributed by atoms with Gasteiger partial charge in [-0.1, -0.05) is 12.1 Å². The van der Waals surface area contributed by atoms with Gasteiger partial charge < -0.3 is 19.9 Å². The second kappa shape index (κ2) is 7.65. The molecule has 0 fully saturated rings. The Labute approximate surface area is 145 Å². The van der Waals surface area contributed by atoms with E-state index in [4.69, 9.17) is 21.7 Å². The van der Waals surface area contributed by atoms with E-state index in [1.807, 2.05) is 13.0 Å². The Kier molecular flexibility index (Phi) is 5.59. The summed E-state index contributed by atoms with van der Waals surface area (Å²) in [5, 5.41) is 15.3. The average Bonchev–Trinajstić information content (AvgIpc) is 2.56. The van der Waals surface area contributed by atoms with Crippen molar-refractivity contribution in [2.45, 2.75) is 6.92 Å². The second-order valence-electron chi connectivity index (χ2n) is 4.97. The third-order valence-corrected chi connectivity index (χ3v) is 3.49. The normalized spacial score (nSPS) is 9.96. The summed E-state index contributed by atoms with van der Waals surface area (Å²) in [6, 6.07) is 10.1. The van der Waals surface area contributed by atoms with Crippen LogP contribution < -0.4 is 20.1 Å². The van der Waals surface area contributed by atoms with Crippen LogP contribution in [-0.4, -0.2) is 30.3 Å². The molecule has 2 rings (SSSR count). The highest BCUT2D eigenvalue weighted by Gasteiger charge is 2.19. The number of carbonyl (C=O) groups excluding carboxylic acids is 1. The largest absolute Gasteiger partial charge is 0.506 e. The number of thiocarbonyl (C=S) groups is 1. The molecule has 0 aliphatic rings. The van der Waals surface area contributed by atoms with Gasteiger partial charge >= 0.3 is 0 Å². The Balaban J connectivity index is 2.16. The standard InChI is InChI=1S/C17H18N2O4S/c1-10-7-8-11(12(20)9-10)18-17(24)19-16(21)15-13(22-2)5-4-6-14(15)23-3/h4-9,20H,1-3H3,(H2,18,19,21,24). The van der Waals surface area contributed by atoms with E-state index < -0.39 is 5.91 Å². The molecule has 7 heteroatoms. The third kappa shape index (κ3) is 3.94. The fourth-order valence-electron chi connectivity index (χ4n) is 2.14. The van der Waals surface area contributed by atoms with Gasteiger partial charge in [0.2, 0.25) is 0 Å². The smallest absolute Gasteiger partial charge is 0.264 e. The highest BCUT2D eigenvalue weighted by molar-refractivity contribution is 7.80. The molecule has 0 spiro atoms. The topological polar surface area (TPSA) is 79.8 Å². The number of carbonyl (C=O) groups is 1. The predicted molar refractivity (Wildman–Crippen MR) is 96.1 cm³/mol. The summed E-state index contributed by atoms with van der Waals surface area (Å²) in [5.41, 5.74) is 1.55. The molecule has 3 N–H and O–H groups in total. The van der Waals surface area contributed by atoms with E-state index in [2.05, 4.69) is 10.6 Å². The van der Waals surface area contributed by atoms with Crippen LogP contribution in [0.15, 0.2) is 36.4 Å². The quantitative estimate of drug-likeness (QED) is 0.584. The van der Waals surface area contributed by atoms with Crippen molar-refractivity contribution in [2.75, 3.05) is 19.5 Å². The van der Waals surface area contributed by atoms with Gasteiger partial charge in [0.1, 0.15) is 22.8 Å². The minimum atomic E-state index is -0.478. The zero-order chi connectivity index (χ0) is 17.7. The molecule has 0 radical (unpaired) electrons. The number of rotatable bonds is 4. The fraction of sp³-hybridized carbons (Fsp3) is 0.176. The minimum absolute atomic E-state index is 0.0430. The fourth-order valence-corrected chi connectivity index (χ4v) is 2.34. The maximum absolute atomic E-state index is 12.5. The molecule has 0 aromatic heterocycles. The van der Waals surface area contributed by atoms with Crippen LogP contribution in [0.3, 0.4) is 0 Å². The summed E-state index contributed by atoms with van der Waals surface area (Å²) in [6.45, 7) is 1.86. The molecule has 0 aliphatic carbocycles. The number of methoxy groups -OCH3 is 2. The highest BCUT2D eigenvalue weighted by Crippen LogP contribution is 2.28. The lowest BCUT2D eigenvalue weighted by molar-refractivity contribution is 0.0971. The van der Waals surface area contributed by atoms with Crippen LogP contribution in [0.25, 0.3) is 0 Å². The molecule has 0 unspecified atom stereocenters. The number of anilines is 1. The number of phenolic OH excluding ortho intramolecular Hbond substituents is 1. The average molecular weight is 346 g/mol. The van der Waals surface area contributed by atoms with E-state index in [-0.39, 0.29) is 16.4 Å². The van der Waals surface area contributed by atoms with Crippen molar-refractivity contribution in [1.82, 2.24) is 5.32 Å². The van der Waals surface area contributed by atoms with Crippen molar-refractivity contribution in [2.24, 2.45) is 0 Å². The molecule has 1 amide bonds. The Morgan fingerprint density at radius 3 is 2.29 bits per heavy atom. The first kappa shape index (κ1) is 17.6. The molecule has 0 bridgehead atoms. The van der Waals surface area contributed by atoms with Crippen LogP contribution in [0.1, 0.15) is 15.9 Å². The Morgan fingerprint density at radius 1 is 1.12 bits per heavy atom. The monoisotopic (exact) mass is 346 g/mol. The maximum Gasteiger partial charge on any atom is 0.264 e. The lowest BCUT2D eigenvalue weighted by Gasteiger charge is -2.14. The van der Waals surface area contributed by atoms with Crippen molar-refractivity contribution in [3.63, 3.8) is 0 Å². The van der Waals surface area contributed by atoms with Gasteiger partial charge in [-0.2, -0.15) is 0 Å². The molecule has 0 atom stereocenters. The number of amides is 1. The summed E-state index contributed by atoms with van der Waals surface area (Å²) in [7, 11) is 2.93. The van der Waals surface area contributed by atoms with Gasteiger partial charge in [-0.05, 0) is 49.0 Å². The molecule has 0 aliphatic heterocycles. The zero-order valence-electron chi connectivity index (χ0n) is 13.5. The van der Waals surface area contributed by atoms with Crippen molar-refractivity contribution in [1.29, 1.82) is 0 Å². The molecule has 126 valence electrons. The molecular weight excluding hydrogens is 328 g/mol. The van der Waals surface area contributed by atoms with Crippen LogP contribution in [0.4, 0.5) is 5.69 Å². The zero-order valence-corrected chi connectivity index (χ0v) is 14.4. The van der Waals surface area contributed by atoms with E-state index in [1.165, 1.54) is 14.2 Å². The van der Waals surface area contributed by atoms with E-state index in [0.29, 0.717) is 17.2 Å². The number of hydrogen-bond acceptors (Lipinski definition) is 5. The van der Waals surface area contributed by atoms with Crippen molar-refractivity contribution < 1.29 is 19.4 Å². The molecule has 6 nitrogen and oxygen atoms in total. The lowest BCUT2D eigenvalue weighted by atomic mass is 10.1. The summed E-state index contributed by atoms with van der Waals surface area (Å²) < 4.78 is 10.4. The van der Waals surface area contributed by atoms with Gasteiger partial charge in [0.25, 0.3) is 5.91 Å². The second-order valence-corrected chi connectivity index (χ2v) is 5.37. The maximum atomic E-state index is 12.5. The number of nitrogens with one attached hydrogen (secondary N) is 2. The molecule has 2 aromatic carbocycles. The highest BCUT2D eigenvalue weighted by atomic mass is 32.1. The van der Waals surface area contributed by atoms with E-state index >= 15 is 0 Å². The van der Waals surface area contributed by atoms with E-state index in [9.17, 15) is 9.90 Å². The van der Waals surface area contributed by atoms with Crippen LogP contribution in [-0.2, 0) is 0 Å². The van der Waals surface area contributed by atoms with E-state index in [1.54, 1.807) is 30.3 Å². The summed E-state index contributed by atoms with van der Waals surface area (Å²) in [5.74, 6) is 0.301. The van der Waals surface area contributed by atoms with Gasteiger partial charge in [-0.3, -0.25) is 10.1 Å². The van der Waals surface area contributed by atoms with Gasteiger partial charge in [-0.25, -0.2) is 0 Å². The van der Waals surface area contributed by atoms with Crippen molar-refractivity contribution in [3.8, 4) is 17.2 Å². The van der Waals surface area contributed by atoms with Crippen LogP contribution in [0.2, 0.25) is 0 Å². The third-order valence-electron chi connectivity index (χ3n) is 3.28. The SMILES string of the molecule is COc1cccc(OC)c1C(=O)NC(=S)Nc1ccc(C)cc1O. The molecule has 0 heterocycles. The molecule has 2 aromatic rings. The Hall–Kier alpha value is -2.80. The number of ether oxygens (including phenoxy) is 2. The predicted octanol–water partition coefficient (Wildman–Crippen LogP) is 2.84. The van der Waals surface area contributed by atoms with Crippen molar-refractivity contribution in [3.05, 3.63) is 47.5 Å². The van der Waals surface area contributed by atoms with Gasteiger partial charge in [0.05, 0.1) is 19.9 Å². The first-order chi connectivity index (χ1) is 11.5. The van der Waals surface area contributed by atoms with Gasteiger partial charge in [0, 0.05) is 0 Å². The molecule has 0 saturated heterocycles. The number of aryl methyl sites for hydroxylation is 1. The van der Waals surface area contributed by atoms with Gasteiger partial charge in [0.15, 0.2) is 5.11 Å². The van der Waals surface area contributed by atoms with E-state index in [0.717, 1.165) is 5.56 Å². The number of benzene rings is 2. The number of aromatic hydroxyl groups is 1. The summed E-state index contributed by atoms with van der Waals surface area (Å²) in [4.78, 5) is 12.5. The number of phenols is 1. The van der Waals surface area contributed by atoms with Crippen LogP contribution >= 0.6 is 12.2 Å². The Bertz CT molecular complexity index is 755. The van der Waals surface area contributed by atoms with Crippen LogP contribution in [0.5, 0.6) is 17.2 Å². The minimum Gasteiger partial charge on any atom is -0.506 e. The lowest BCUT2D eigenvalue weighted by Crippen LogP contribution is -2.34. The molecular formula is C17H18N2O4S. The number of hydrogen-bond donors (Lipinski definition) is 3. The first-order valence-corrected chi connectivity index (χ1v) is 7.50. The summed E-state index contributed by atoms with van der Waals surface area (Å²) in [6.07, 6.45) is 0. The first-order valence-electron chi connectivity index (χ1n) is 7.09. The Morgan fingerprint density at radius 2 is 1.75 bits per heavy atom. The van der Waals surface area contributed by atoms with Gasteiger partial charge in [-0.15, -0.1) is 0 Å². The molecule has 24 heavy (non-hydrogen) atoms. The van der Waals surface area contributed by atoms with Crippen molar-refractivity contribution >= 4 is 28.9 Å².